The molecule has 1 unspecified atom stereocenters. The summed E-state index contributed by atoms with van der Waals surface area (Å²) in [6, 6.07) is 1.93. The van der Waals surface area contributed by atoms with Gasteiger partial charge in [-0.15, -0.1) is 0 Å². The molecule has 3 N–H and O–H groups in total. The van der Waals surface area contributed by atoms with Gasteiger partial charge in [-0.05, 0) is 12.5 Å². The molecular formula is C11H17N5O. The highest BCUT2D eigenvalue weighted by molar-refractivity contribution is 5.79. The minimum absolute atomic E-state index is 0.0842. The van der Waals surface area contributed by atoms with Gasteiger partial charge >= 0.3 is 0 Å². The average Bonchev–Trinajstić information content (AvgIpc) is 2.73. The molecule has 0 spiro atoms. The molecule has 17 heavy (non-hydrogen) atoms. The zero-order chi connectivity index (χ0) is 12.1. The summed E-state index contributed by atoms with van der Waals surface area (Å²) >= 11 is 0. The molecule has 2 rings (SSSR count). The van der Waals surface area contributed by atoms with E-state index in [4.69, 9.17) is 0 Å². The first-order chi connectivity index (χ1) is 8.28. The lowest BCUT2D eigenvalue weighted by Crippen LogP contribution is -2.23. The Morgan fingerprint density at radius 3 is 3.18 bits per heavy atom. The first-order valence-electron chi connectivity index (χ1n) is 5.88. The van der Waals surface area contributed by atoms with E-state index in [-0.39, 0.29) is 11.9 Å². The third-order valence-corrected chi connectivity index (χ3v) is 2.52. The van der Waals surface area contributed by atoms with Crippen LogP contribution in [0.25, 0.3) is 0 Å². The van der Waals surface area contributed by atoms with Crippen LogP contribution < -0.4 is 16.0 Å². The van der Waals surface area contributed by atoms with Gasteiger partial charge in [0, 0.05) is 25.7 Å². The number of hydrogen-bond donors (Lipinski definition) is 3. The van der Waals surface area contributed by atoms with Gasteiger partial charge < -0.3 is 16.0 Å². The van der Waals surface area contributed by atoms with Gasteiger partial charge in [0.05, 0.1) is 6.04 Å². The number of nitrogens with zero attached hydrogens (tertiary/aromatic N) is 2. The fraction of sp³-hybridized carbons (Fsp3) is 0.545. The summed E-state index contributed by atoms with van der Waals surface area (Å²) in [5.74, 6) is 1.45. The van der Waals surface area contributed by atoms with Crippen LogP contribution in [0.4, 0.5) is 11.8 Å². The van der Waals surface area contributed by atoms with E-state index in [1.807, 2.05) is 0 Å². The maximum atomic E-state index is 11.1. The van der Waals surface area contributed by atoms with Crippen LogP contribution in [0.15, 0.2) is 12.3 Å². The Morgan fingerprint density at radius 1 is 1.59 bits per heavy atom. The highest BCUT2D eigenvalue weighted by Crippen LogP contribution is 2.10. The molecule has 1 saturated heterocycles. The third-order valence-electron chi connectivity index (χ3n) is 2.52. The fourth-order valence-corrected chi connectivity index (χ4v) is 1.68. The van der Waals surface area contributed by atoms with Crippen molar-refractivity contribution in [1.82, 2.24) is 15.3 Å². The van der Waals surface area contributed by atoms with E-state index in [0.29, 0.717) is 18.9 Å². The van der Waals surface area contributed by atoms with Crippen molar-refractivity contribution in [2.24, 2.45) is 0 Å². The first kappa shape index (κ1) is 11.6. The number of carbonyl (C=O) groups excluding carboxylic acids is 1. The summed E-state index contributed by atoms with van der Waals surface area (Å²) in [5, 5.41) is 9.12. The molecule has 1 aliphatic rings. The Labute approximate surface area is 100 Å². The second-order valence-corrected chi connectivity index (χ2v) is 4.04. The minimum Gasteiger partial charge on any atom is -0.365 e. The Bertz CT molecular complexity index is 395. The second kappa shape index (κ2) is 5.47. The summed E-state index contributed by atoms with van der Waals surface area (Å²) in [6.45, 7) is 3.60. The average molecular weight is 235 g/mol. The van der Waals surface area contributed by atoms with Gasteiger partial charge in [-0.25, -0.2) is 4.98 Å². The van der Waals surface area contributed by atoms with E-state index >= 15 is 0 Å². The SMILES string of the molecule is CCCNc1nccc(NC2CNC(=O)C2)n1. The molecule has 0 bridgehead atoms. The van der Waals surface area contributed by atoms with Crippen molar-refractivity contribution < 1.29 is 4.79 Å². The molecule has 1 aliphatic heterocycles. The largest absolute Gasteiger partial charge is 0.365 e. The van der Waals surface area contributed by atoms with Crippen molar-refractivity contribution in [2.75, 3.05) is 23.7 Å². The van der Waals surface area contributed by atoms with Crippen molar-refractivity contribution in [3.05, 3.63) is 12.3 Å². The summed E-state index contributed by atoms with van der Waals surface area (Å²) in [6.07, 6.45) is 3.24. The first-order valence-corrected chi connectivity index (χ1v) is 5.88. The Balaban J connectivity index is 1.93. The summed E-state index contributed by atoms with van der Waals surface area (Å²) in [4.78, 5) is 19.5. The molecule has 0 aliphatic carbocycles. The number of carbonyl (C=O) groups is 1. The van der Waals surface area contributed by atoms with E-state index < -0.39 is 0 Å². The van der Waals surface area contributed by atoms with Crippen LogP contribution in [0, 0.1) is 0 Å². The molecule has 1 aromatic rings. The van der Waals surface area contributed by atoms with E-state index in [2.05, 4.69) is 32.8 Å². The molecule has 92 valence electrons. The molecule has 1 fully saturated rings. The van der Waals surface area contributed by atoms with E-state index in [9.17, 15) is 4.79 Å². The Hall–Kier alpha value is -1.85. The van der Waals surface area contributed by atoms with Crippen LogP contribution in [-0.4, -0.2) is 35.0 Å². The van der Waals surface area contributed by atoms with Crippen molar-refractivity contribution >= 4 is 17.7 Å². The van der Waals surface area contributed by atoms with E-state index in [0.717, 1.165) is 18.8 Å². The summed E-state index contributed by atoms with van der Waals surface area (Å²) in [5.41, 5.74) is 0. The van der Waals surface area contributed by atoms with Gasteiger partial charge in [-0.2, -0.15) is 4.98 Å². The van der Waals surface area contributed by atoms with Gasteiger partial charge in [0.25, 0.3) is 0 Å². The van der Waals surface area contributed by atoms with Gasteiger partial charge in [0.2, 0.25) is 11.9 Å². The summed E-state index contributed by atoms with van der Waals surface area (Å²) in [7, 11) is 0. The molecule has 0 radical (unpaired) electrons. The molecular weight excluding hydrogens is 218 g/mol. The van der Waals surface area contributed by atoms with Crippen molar-refractivity contribution in [3.63, 3.8) is 0 Å². The zero-order valence-corrected chi connectivity index (χ0v) is 9.86. The van der Waals surface area contributed by atoms with Crippen LogP contribution in [0.1, 0.15) is 19.8 Å². The van der Waals surface area contributed by atoms with Crippen LogP contribution in [0.5, 0.6) is 0 Å². The molecule has 0 aromatic carbocycles. The standard InChI is InChI=1S/C11H17N5O/c1-2-4-12-11-13-5-3-9(16-11)15-8-6-10(17)14-7-8/h3,5,8H,2,4,6-7H2,1H3,(H,14,17)(H2,12,13,15,16). The number of anilines is 2. The molecule has 1 atom stereocenters. The van der Waals surface area contributed by atoms with Crippen LogP contribution >= 0.6 is 0 Å². The third kappa shape index (κ3) is 3.30. The molecule has 2 heterocycles. The topological polar surface area (TPSA) is 78.9 Å². The monoisotopic (exact) mass is 235 g/mol. The van der Waals surface area contributed by atoms with Gasteiger partial charge in [-0.3, -0.25) is 4.79 Å². The minimum atomic E-state index is 0.0842. The van der Waals surface area contributed by atoms with Crippen molar-refractivity contribution in [3.8, 4) is 0 Å². The highest BCUT2D eigenvalue weighted by atomic mass is 16.1. The van der Waals surface area contributed by atoms with Crippen LogP contribution in [-0.2, 0) is 4.79 Å². The normalized spacial score (nSPS) is 18.9. The van der Waals surface area contributed by atoms with Crippen molar-refractivity contribution in [1.29, 1.82) is 0 Å². The maximum absolute atomic E-state index is 11.1. The Morgan fingerprint density at radius 2 is 2.47 bits per heavy atom. The van der Waals surface area contributed by atoms with E-state index in [1.54, 1.807) is 12.3 Å². The molecule has 0 saturated carbocycles. The molecule has 1 amide bonds. The van der Waals surface area contributed by atoms with Gasteiger partial charge in [-0.1, -0.05) is 6.92 Å². The second-order valence-electron chi connectivity index (χ2n) is 4.04. The number of hydrogen-bond acceptors (Lipinski definition) is 5. The molecule has 1 aromatic heterocycles. The van der Waals surface area contributed by atoms with Crippen LogP contribution in [0.3, 0.4) is 0 Å². The molecule has 6 heteroatoms. The number of nitrogens with one attached hydrogen (secondary N) is 3. The number of aromatic nitrogens is 2. The number of rotatable bonds is 5. The predicted molar refractivity (Wildman–Crippen MR) is 65.9 cm³/mol. The van der Waals surface area contributed by atoms with Crippen LogP contribution in [0.2, 0.25) is 0 Å². The lowest BCUT2D eigenvalue weighted by Gasteiger charge is -2.11. The highest BCUT2D eigenvalue weighted by Gasteiger charge is 2.21. The maximum Gasteiger partial charge on any atom is 0.224 e. The predicted octanol–water partition coefficient (Wildman–Crippen LogP) is 0.599. The van der Waals surface area contributed by atoms with Crippen molar-refractivity contribution in [2.45, 2.75) is 25.8 Å². The number of amides is 1. The van der Waals surface area contributed by atoms with Gasteiger partial charge in [0.1, 0.15) is 5.82 Å². The lowest BCUT2D eigenvalue weighted by molar-refractivity contribution is -0.119. The zero-order valence-electron chi connectivity index (χ0n) is 9.86. The summed E-state index contributed by atoms with van der Waals surface area (Å²) < 4.78 is 0. The van der Waals surface area contributed by atoms with Gasteiger partial charge in [0.15, 0.2) is 0 Å². The Kier molecular flexibility index (Phi) is 3.74. The fourth-order valence-electron chi connectivity index (χ4n) is 1.68. The smallest absolute Gasteiger partial charge is 0.224 e. The van der Waals surface area contributed by atoms with E-state index in [1.165, 1.54) is 0 Å². The quantitative estimate of drug-likeness (QED) is 0.696. The molecule has 6 nitrogen and oxygen atoms in total. The lowest BCUT2D eigenvalue weighted by atomic mass is 10.2.